The number of nitrogens with zero attached hydrogens (tertiary/aromatic N) is 1. The Morgan fingerprint density at radius 3 is 2.30 bits per heavy atom. The van der Waals surface area contributed by atoms with Gasteiger partial charge in [-0.1, -0.05) is 34.9 Å². The molecule has 142 valence electrons. The molecule has 0 radical (unpaired) electrons. The van der Waals surface area contributed by atoms with Gasteiger partial charge in [0.15, 0.2) is 5.13 Å². The lowest BCUT2D eigenvalue weighted by molar-refractivity contribution is -0.146. The number of rotatable bonds is 4. The van der Waals surface area contributed by atoms with Gasteiger partial charge in [-0.2, -0.15) is 0 Å². The van der Waals surface area contributed by atoms with E-state index in [0.717, 1.165) is 27.3 Å². The number of allylic oxidation sites excluding steroid dienone is 2. The van der Waals surface area contributed by atoms with Crippen LogP contribution in [0.3, 0.4) is 0 Å². The lowest BCUT2D eigenvalue weighted by atomic mass is 9.76. The summed E-state index contributed by atoms with van der Waals surface area (Å²) in [5.74, 6) is -2.51. The second-order valence-electron chi connectivity index (χ2n) is 6.94. The molecule has 5 nitrogen and oxygen atoms in total. The van der Waals surface area contributed by atoms with E-state index in [-0.39, 0.29) is 5.91 Å². The van der Waals surface area contributed by atoms with Crippen LogP contribution in [-0.2, 0) is 9.59 Å². The van der Waals surface area contributed by atoms with Crippen molar-refractivity contribution in [2.75, 3.05) is 5.32 Å². The highest BCUT2D eigenvalue weighted by atomic mass is 35.5. The molecule has 1 aromatic carbocycles. The van der Waals surface area contributed by atoms with Gasteiger partial charge in [-0.25, -0.2) is 4.98 Å². The van der Waals surface area contributed by atoms with Gasteiger partial charge in [0.05, 0.1) is 17.5 Å². The first kappa shape index (κ1) is 19.6. The molecule has 0 saturated heterocycles. The highest BCUT2D eigenvalue weighted by molar-refractivity contribution is 7.16. The van der Waals surface area contributed by atoms with E-state index in [2.05, 4.69) is 10.3 Å². The molecule has 2 N–H and O–H groups in total. The molecule has 0 bridgehead atoms. The fourth-order valence-corrected chi connectivity index (χ4v) is 4.32. The minimum atomic E-state index is -0.931. The third kappa shape index (κ3) is 4.22. The molecule has 2 unspecified atom stereocenters. The number of carbonyl (C=O) groups excluding carboxylic acids is 1. The summed E-state index contributed by atoms with van der Waals surface area (Å²) in [6.45, 7) is 5.83. The topological polar surface area (TPSA) is 79.3 Å². The Morgan fingerprint density at radius 1 is 1.11 bits per heavy atom. The number of carboxylic acid groups (broad SMARTS) is 1. The number of aromatic nitrogens is 1. The normalized spacial score (nSPS) is 19.9. The highest BCUT2D eigenvalue weighted by Gasteiger charge is 2.37. The molecule has 2 aromatic rings. The molecule has 0 spiro atoms. The number of amides is 1. The minimum Gasteiger partial charge on any atom is -0.481 e. The average molecular weight is 405 g/mol. The largest absolute Gasteiger partial charge is 0.481 e. The highest BCUT2D eigenvalue weighted by Crippen LogP contribution is 2.36. The number of thiazole rings is 1. The first-order valence-electron chi connectivity index (χ1n) is 8.68. The molecule has 1 amide bonds. The van der Waals surface area contributed by atoms with Crippen LogP contribution in [0, 0.1) is 18.8 Å². The van der Waals surface area contributed by atoms with Crippen molar-refractivity contribution in [3.63, 3.8) is 0 Å². The van der Waals surface area contributed by atoms with Gasteiger partial charge in [-0.3, -0.25) is 9.59 Å². The number of carbonyl (C=O) groups is 2. The second kappa shape index (κ2) is 7.82. The Hall–Kier alpha value is -2.18. The van der Waals surface area contributed by atoms with Gasteiger partial charge in [0.2, 0.25) is 5.91 Å². The fraction of sp³-hybridized carbons (Fsp3) is 0.350. The van der Waals surface area contributed by atoms with Crippen molar-refractivity contribution in [3.05, 3.63) is 45.3 Å². The number of hydrogen-bond donors (Lipinski definition) is 2. The molecule has 0 aliphatic heterocycles. The predicted molar refractivity (Wildman–Crippen MR) is 108 cm³/mol. The number of carboxylic acids is 1. The van der Waals surface area contributed by atoms with Gasteiger partial charge >= 0.3 is 5.97 Å². The summed E-state index contributed by atoms with van der Waals surface area (Å²) < 4.78 is 0. The van der Waals surface area contributed by atoms with Gasteiger partial charge in [-0.05, 0) is 45.7 Å². The minimum absolute atomic E-state index is 0.286. The summed E-state index contributed by atoms with van der Waals surface area (Å²) in [5.41, 5.74) is 3.85. The van der Waals surface area contributed by atoms with E-state index in [1.165, 1.54) is 11.3 Å². The van der Waals surface area contributed by atoms with Crippen molar-refractivity contribution in [1.82, 2.24) is 4.98 Å². The van der Waals surface area contributed by atoms with Crippen molar-refractivity contribution in [1.29, 1.82) is 0 Å². The van der Waals surface area contributed by atoms with Gasteiger partial charge < -0.3 is 10.4 Å². The van der Waals surface area contributed by atoms with Crippen LogP contribution in [0.1, 0.15) is 31.6 Å². The molecule has 0 fully saturated rings. The molecule has 27 heavy (non-hydrogen) atoms. The lowest BCUT2D eigenvalue weighted by Gasteiger charge is -2.29. The molecule has 1 heterocycles. The zero-order valence-corrected chi connectivity index (χ0v) is 16.9. The van der Waals surface area contributed by atoms with Gasteiger partial charge in [0.1, 0.15) is 0 Å². The van der Waals surface area contributed by atoms with Crippen LogP contribution in [-0.4, -0.2) is 22.0 Å². The quantitative estimate of drug-likeness (QED) is 0.690. The van der Waals surface area contributed by atoms with Gasteiger partial charge in [-0.15, -0.1) is 11.3 Å². The van der Waals surface area contributed by atoms with Crippen molar-refractivity contribution in [2.24, 2.45) is 11.8 Å². The van der Waals surface area contributed by atoms with E-state index in [9.17, 15) is 14.7 Å². The monoisotopic (exact) mass is 404 g/mol. The molecule has 2 atom stereocenters. The van der Waals surface area contributed by atoms with Crippen LogP contribution in [0.4, 0.5) is 5.13 Å². The molecule has 0 saturated carbocycles. The standard InChI is InChI=1S/C20H21ClN2O3S/c1-10-8-15(16(19(25)26)9-11(10)2)18(24)23-20-22-17(12(3)27-20)13-4-6-14(21)7-5-13/h4-7,15-16H,8-9H2,1-3H3,(H,25,26)(H,22,23,24). The number of hydrogen-bond acceptors (Lipinski definition) is 4. The third-order valence-corrected chi connectivity index (χ3v) is 6.20. The van der Waals surface area contributed by atoms with E-state index in [1.54, 1.807) is 12.1 Å². The predicted octanol–water partition coefficient (Wildman–Crippen LogP) is 5.16. The third-order valence-electron chi connectivity index (χ3n) is 5.06. The molecule has 7 heteroatoms. The number of anilines is 1. The van der Waals surface area contributed by atoms with Crippen molar-refractivity contribution in [3.8, 4) is 11.3 Å². The summed E-state index contributed by atoms with van der Waals surface area (Å²) in [7, 11) is 0. The van der Waals surface area contributed by atoms with Crippen molar-refractivity contribution in [2.45, 2.75) is 33.6 Å². The summed E-state index contributed by atoms with van der Waals surface area (Å²) in [5, 5.41) is 13.5. The van der Waals surface area contributed by atoms with Crippen molar-refractivity contribution < 1.29 is 14.7 Å². The van der Waals surface area contributed by atoms with E-state index < -0.39 is 17.8 Å². The molecule has 3 rings (SSSR count). The van der Waals surface area contributed by atoms with E-state index in [4.69, 9.17) is 11.6 Å². The van der Waals surface area contributed by atoms with E-state index >= 15 is 0 Å². The van der Waals surface area contributed by atoms with Crippen LogP contribution in [0.5, 0.6) is 0 Å². The first-order chi connectivity index (χ1) is 12.8. The maximum absolute atomic E-state index is 12.8. The zero-order chi connectivity index (χ0) is 19.7. The van der Waals surface area contributed by atoms with E-state index in [0.29, 0.717) is 23.0 Å². The Balaban J connectivity index is 1.81. The lowest BCUT2D eigenvalue weighted by Crippen LogP contribution is -2.36. The van der Waals surface area contributed by atoms with Crippen LogP contribution >= 0.6 is 22.9 Å². The summed E-state index contributed by atoms with van der Waals surface area (Å²) in [6.07, 6.45) is 0.870. The molecular weight excluding hydrogens is 384 g/mol. The van der Waals surface area contributed by atoms with Crippen LogP contribution in [0.25, 0.3) is 11.3 Å². The smallest absolute Gasteiger partial charge is 0.307 e. The average Bonchev–Trinajstić information content (AvgIpc) is 2.97. The number of benzene rings is 1. The van der Waals surface area contributed by atoms with Gasteiger partial charge in [0.25, 0.3) is 0 Å². The second-order valence-corrected chi connectivity index (χ2v) is 8.58. The molecular formula is C20H21ClN2O3S. The Morgan fingerprint density at radius 2 is 1.70 bits per heavy atom. The summed E-state index contributed by atoms with van der Waals surface area (Å²) >= 11 is 7.31. The molecule has 1 aromatic heterocycles. The SMILES string of the molecule is CC1=C(C)CC(C(=O)Nc2nc(-c3ccc(Cl)cc3)c(C)s2)C(C(=O)O)C1. The number of aliphatic carboxylic acids is 1. The number of halogens is 1. The zero-order valence-electron chi connectivity index (χ0n) is 15.4. The summed E-state index contributed by atoms with van der Waals surface area (Å²) in [6, 6.07) is 7.36. The number of nitrogens with one attached hydrogen (secondary N) is 1. The molecule has 1 aliphatic rings. The fourth-order valence-electron chi connectivity index (χ4n) is 3.35. The van der Waals surface area contributed by atoms with Crippen LogP contribution in [0.15, 0.2) is 35.4 Å². The molecule has 1 aliphatic carbocycles. The first-order valence-corrected chi connectivity index (χ1v) is 9.88. The van der Waals surface area contributed by atoms with Crippen molar-refractivity contribution >= 4 is 39.9 Å². The maximum atomic E-state index is 12.8. The van der Waals surface area contributed by atoms with E-state index in [1.807, 2.05) is 32.9 Å². The van der Waals surface area contributed by atoms with Crippen LogP contribution < -0.4 is 5.32 Å². The van der Waals surface area contributed by atoms with Gasteiger partial charge in [0, 0.05) is 15.5 Å². The summed E-state index contributed by atoms with van der Waals surface area (Å²) in [4.78, 5) is 29.9. The Kier molecular flexibility index (Phi) is 5.67. The Labute approximate surface area is 167 Å². The van der Waals surface area contributed by atoms with Crippen LogP contribution in [0.2, 0.25) is 5.02 Å². The number of aryl methyl sites for hydroxylation is 1. The maximum Gasteiger partial charge on any atom is 0.307 e. The Bertz CT molecular complexity index is 918.